The van der Waals surface area contributed by atoms with Gasteiger partial charge in [-0.3, -0.25) is 4.79 Å². The quantitative estimate of drug-likeness (QED) is 0.679. The molecule has 1 amide bonds. The summed E-state index contributed by atoms with van der Waals surface area (Å²) in [7, 11) is -2.02. The predicted molar refractivity (Wildman–Crippen MR) is 112 cm³/mol. The highest BCUT2D eigenvalue weighted by Crippen LogP contribution is 2.37. The summed E-state index contributed by atoms with van der Waals surface area (Å²) in [5.74, 6) is 0.777. The van der Waals surface area contributed by atoms with E-state index in [4.69, 9.17) is 0 Å². The summed E-state index contributed by atoms with van der Waals surface area (Å²) >= 11 is 0. The first-order valence-electron chi connectivity index (χ1n) is 10.7. The summed E-state index contributed by atoms with van der Waals surface area (Å²) in [5.41, 5.74) is 0.489. The molecule has 0 N–H and O–H groups in total. The molecule has 0 heterocycles. The number of hydrogen-bond donors (Lipinski definition) is 0. The highest BCUT2D eigenvalue weighted by Gasteiger charge is 2.39. The molecule has 0 unspecified atom stereocenters. The van der Waals surface area contributed by atoms with E-state index in [2.05, 4.69) is 11.8 Å². The molecular weight excluding hydrogens is 372 g/mol. The number of carbonyl (C=O) groups excluding carboxylic acids is 1. The van der Waals surface area contributed by atoms with Crippen LogP contribution in [0.2, 0.25) is 0 Å². The highest BCUT2D eigenvalue weighted by atomic mass is 32.2. The van der Waals surface area contributed by atoms with E-state index >= 15 is 0 Å². The second-order valence-corrected chi connectivity index (χ2v) is 10.7. The molecule has 2 aliphatic rings. The lowest BCUT2D eigenvalue weighted by atomic mass is 9.83. The molecule has 2 aliphatic carbocycles. The fourth-order valence-corrected chi connectivity index (χ4v) is 5.61. The lowest BCUT2D eigenvalue weighted by Gasteiger charge is -2.37. The molecule has 1 aromatic rings. The van der Waals surface area contributed by atoms with Gasteiger partial charge in [-0.25, -0.2) is 8.42 Å². The molecule has 1 aromatic carbocycles. The largest absolute Gasteiger partial charge is 0.333 e. The molecule has 3 rings (SSSR count). The molecule has 156 valence electrons. The lowest BCUT2D eigenvalue weighted by molar-refractivity contribution is 0.0587. The van der Waals surface area contributed by atoms with E-state index in [0.717, 1.165) is 31.6 Å². The molecular formula is C22H34N2O3S. The van der Waals surface area contributed by atoms with Gasteiger partial charge in [0.25, 0.3) is 5.91 Å². The standard InChI is InChI=1S/C22H34N2O3S/c1-5-17-9-11-19(12-10-17)24(20-13-14-20)22(25)18-7-6-8-21(15-18)28(26,27)23(4)16(2)3/h6-8,15-17,19-20H,5,9-14H2,1-4H3. The van der Waals surface area contributed by atoms with Crippen molar-refractivity contribution in [3.8, 4) is 0 Å². The fourth-order valence-electron chi connectivity index (χ4n) is 4.20. The van der Waals surface area contributed by atoms with Crippen molar-refractivity contribution < 1.29 is 13.2 Å². The monoisotopic (exact) mass is 406 g/mol. The van der Waals surface area contributed by atoms with E-state index in [1.54, 1.807) is 31.3 Å². The Morgan fingerprint density at radius 2 is 1.64 bits per heavy atom. The van der Waals surface area contributed by atoms with Gasteiger partial charge in [0, 0.05) is 30.7 Å². The van der Waals surface area contributed by atoms with Crippen LogP contribution in [-0.4, -0.2) is 48.7 Å². The van der Waals surface area contributed by atoms with Crippen LogP contribution in [-0.2, 0) is 10.0 Å². The van der Waals surface area contributed by atoms with Crippen molar-refractivity contribution in [3.05, 3.63) is 29.8 Å². The molecule has 0 saturated heterocycles. The average Bonchev–Trinajstić information content (AvgIpc) is 3.53. The number of rotatable bonds is 7. The average molecular weight is 407 g/mol. The summed E-state index contributed by atoms with van der Waals surface area (Å²) in [6, 6.07) is 7.07. The van der Waals surface area contributed by atoms with Gasteiger partial charge in [0.05, 0.1) is 4.90 Å². The van der Waals surface area contributed by atoms with Crippen molar-refractivity contribution in [3.63, 3.8) is 0 Å². The Hall–Kier alpha value is -1.40. The van der Waals surface area contributed by atoms with Crippen LogP contribution in [0, 0.1) is 5.92 Å². The van der Waals surface area contributed by atoms with Crippen LogP contribution >= 0.6 is 0 Å². The van der Waals surface area contributed by atoms with E-state index < -0.39 is 10.0 Å². The van der Waals surface area contributed by atoms with Crippen LogP contribution in [0.15, 0.2) is 29.2 Å². The second kappa shape index (κ2) is 8.54. The Bertz CT molecular complexity index is 794. The zero-order valence-electron chi connectivity index (χ0n) is 17.6. The number of carbonyl (C=O) groups is 1. The van der Waals surface area contributed by atoms with Crippen molar-refractivity contribution >= 4 is 15.9 Å². The third kappa shape index (κ3) is 4.43. The van der Waals surface area contributed by atoms with Crippen LogP contribution in [0.5, 0.6) is 0 Å². The minimum atomic E-state index is -3.60. The van der Waals surface area contributed by atoms with Crippen molar-refractivity contribution in [2.24, 2.45) is 5.92 Å². The molecule has 0 spiro atoms. The minimum Gasteiger partial charge on any atom is -0.333 e. The Labute approximate surface area is 170 Å². The molecule has 6 heteroatoms. The molecule has 0 aromatic heterocycles. The first-order valence-corrected chi connectivity index (χ1v) is 12.1. The van der Waals surface area contributed by atoms with Gasteiger partial charge in [0.2, 0.25) is 10.0 Å². The zero-order chi connectivity index (χ0) is 20.5. The van der Waals surface area contributed by atoms with Gasteiger partial charge in [0.15, 0.2) is 0 Å². The summed E-state index contributed by atoms with van der Waals surface area (Å²) < 4.78 is 27.0. The fraction of sp³-hybridized carbons (Fsp3) is 0.682. The Morgan fingerprint density at radius 3 is 2.14 bits per heavy atom. The van der Waals surface area contributed by atoms with E-state index in [9.17, 15) is 13.2 Å². The van der Waals surface area contributed by atoms with Gasteiger partial charge < -0.3 is 4.90 Å². The molecule has 0 radical (unpaired) electrons. The maximum Gasteiger partial charge on any atom is 0.254 e. The molecule has 2 fully saturated rings. The number of benzene rings is 1. The van der Waals surface area contributed by atoms with E-state index in [1.165, 1.54) is 23.6 Å². The normalized spacial score (nSPS) is 23.2. The van der Waals surface area contributed by atoms with Crippen LogP contribution in [0.3, 0.4) is 0 Å². The van der Waals surface area contributed by atoms with E-state index in [1.807, 2.05) is 13.8 Å². The summed E-state index contributed by atoms with van der Waals surface area (Å²) in [5, 5.41) is 0. The number of hydrogen-bond acceptors (Lipinski definition) is 3. The molecule has 5 nitrogen and oxygen atoms in total. The topological polar surface area (TPSA) is 57.7 Å². The first kappa shape index (κ1) is 21.3. The Balaban J connectivity index is 1.83. The van der Waals surface area contributed by atoms with Crippen molar-refractivity contribution in [1.29, 1.82) is 0 Å². The third-order valence-electron chi connectivity index (χ3n) is 6.45. The van der Waals surface area contributed by atoms with Crippen molar-refractivity contribution in [2.75, 3.05) is 7.05 Å². The summed E-state index contributed by atoms with van der Waals surface area (Å²) in [6.07, 6.45) is 7.84. The van der Waals surface area contributed by atoms with Crippen molar-refractivity contribution in [1.82, 2.24) is 9.21 Å². The molecule has 0 atom stereocenters. The maximum absolute atomic E-state index is 13.4. The minimum absolute atomic E-state index is 0.00769. The predicted octanol–water partition coefficient (Wildman–Crippen LogP) is 4.29. The van der Waals surface area contributed by atoms with Gasteiger partial charge in [0.1, 0.15) is 0 Å². The number of nitrogens with zero attached hydrogens (tertiary/aromatic N) is 2. The number of amides is 1. The maximum atomic E-state index is 13.4. The SMILES string of the molecule is CCC1CCC(N(C(=O)c2cccc(S(=O)(=O)N(C)C(C)C)c2)C2CC2)CC1. The van der Waals surface area contributed by atoms with Crippen molar-refractivity contribution in [2.45, 2.75) is 88.7 Å². The van der Waals surface area contributed by atoms with Crippen LogP contribution < -0.4 is 0 Å². The molecule has 0 bridgehead atoms. The first-order chi connectivity index (χ1) is 13.3. The Morgan fingerprint density at radius 1 is 1.07 bits per heavy atom. The highest BCUT2D eigenvalue weighted by molar-refractivity contribution is 7.89. The van der Waals surface area contributed by atoms with Gasteiger partial charge >= 0.3 is 0 Å². The van der Waals surface area contributed by atoms with Gasteiger partial charge in [-0.05, 0) is 76.5 Å². The van der Waals surface area contributed by atoms with E-state index in [0.29, 0.717) is 17.6 Å². The van der Waals surface area contributed by atoms with Crippen LogP contribution in [0.1, 0.15) is 76.1 Å². The van der Waals surface area contributed by atoms with Crippen LogP contribution in [0.25, 0.3) is 0 Å². The molecule has 0 aliphatic heterocycles. The number of sulfonamides is 1. The second-order valence-electron chi connectivity index (χ2n) is 8.67. The van der Waals surface area contributed by atoms with Gasteiger partial charge in [-0.15, -0.1) is 0 Å². The molecule has 28 heavy (non-hydrogen) atoms. The van der Waals surface area contributed by atoms with Crippen LogP contribution in [0.4, 0.5) is 0 Å². The summed E-state index contributed by atoms with van der Waals surface area (Å²) in [6.45, 7) is 5.93. The smallest absolute Gasteiger partial charge is 0.254 e. The zero-order valence-corrected chi connectivity index (χ0v) is 18.4. The summed E-state index contributed by atoms with van der Waals surface area (Å²) in [4.78, 5) is 15.6. The van der Waals surface area contributed by atoms with Gasteiger partial charge in [-0.1, -0.05) is 19.4 Å². The lowest BCUT2D eigenvalue weighted by Crippen LogP contribution is -2.44. The van der Waals surface area contributed by atoms with Gasteiger partial charge in [-0.2, -0.15) is 4.31 Å². The molecule has 2 saturated carbocycles. The third-order valence-corrected chi connectivity index (χ3v) is 8.48. The van der Waals surface area contributed by atoms with E-state index in [-0.39, 0.29) is 16.8 Å². The Kier molecular flexibility index (Phi) is 6.50.